The van der Waals surface area contributed by atoms with Crippen molar-refractivity contribution < 1.29 is 31.5 Å². The van der Waals surface area contributed by atoms with E-state index in [1.54, 1.807) is 0 Å². The van der Waals surface area contributed by atoms with Gasteiger partial charge >= 0.3 is 5.92 Å². The van der Waals surface area contributed by atoms with Crippen LogP contribution in [0.25, 0.3) is 0 Å². The number of anilines is 1. The number of hydrogen-bond acceptors (Lipinski definition) is 2. The minimum absolute atomic E-state index is 0.132. The third-order valence-corrected chi connectivity index (χ3v) is 3.52. The Morgan fingerprint density at radius 1 is 0.857 bits per heavy atom. The summed E-state index contributed by atoms with van der Waals surface area (Å²) in [6.45, 7) is 4.43. The zero-order valence-electron chi connectivity index (χ0n) is 15.2. The molecule has 28 heavy (non-hydrogen) atoms. The van der Waals surface area contributed by atoms with Crippen molar-refractivity contribution in [3.05, 3.63) is 65.0 Å². The summed E-state index contributed by atoms with van der Waals surface area (Å²) < 4.78 is 69.0. The van der Waals surface area contributed by atoms with Crippen LogP contribution in [0, 0.1) is 17.5 Å². The van der Waals surface area contributed by atoms with Crippen LogP contribution in [0.3, 0.4) is 0 Å². The smallest absolute Gasteiger partial charge is 0.346 e. The molecular formula is C19H17F5N2O2. The van der Waals surface area contributed by atoms with Crippen molar-refractivity contribution >= 4 is 17.5 Å². The molecule has 150 valence electrons. The highest BCUT2D eigenvalue weighted by atomic mass is 19.3. The van der Waals surface area contributed by atoms with Gasteiger partial charge in [0.05, 0.1) is 5.56 Å². The fourth-order valence-corrected chi connectivity index (χ4v) is 2.23. The zero-order valence-corrected chi connectivity index (χ0v) is 15.2. The van der Waals surface area contributed by atoms with Gasteiger partial charge in [-0.25, -0.2) is 13.2 Å². The van der Waals surface area contributed by atoms with Crippen molar-refractivity contribution in [2.24, 2.45) is 0 Å². The van der Waals surface area contributed by atoms with Crippen molar-refractivity contribution in [1.29, 1.82) is 0 Å². The van der Waals surface area contributed by atoms with Crippen molar-refractivity contribution in [3.8, 4) is 0 Å². The minimum atomic E-state index is -4.24. The van der Waals surface area contributed by atoms with E-state index < -0.39 is 51.9 Å². The molecule has 0 aliphatic heterocycles. The predicted molar refractivity (Wildman–Crippen MR) is 92.5 cm³/mol. The van der Waals surface area contributed by atoms with Crippen LogP contribution in [0.2, 0.25) is 0 Å². The number of hydrogen-bond donors (Lipinski definition) is 2. The van der Waals surface area contributed by atoms with E-state index in [0.717, 1.165) is 18.2 Å². The van der Waals surface area contributed by atoms with Gasteiger partial charge in [0, 0.05) is 22.9 Å². The van der Waals surface area contributed by atoms with Crippen molar-refractivity contribution in [1.82, 2.24) is 5.32 Å². The average Bonchev–Trinajstić information content (AvgIpc) is 2.56. The van der Waals surface area contributed by atoms with E-state index in [9.17, 15) is 31.5 Å². The van der Waals surface area contributed by atoms with Crippen LogP contribution in [-0.4, -0.2) is 17.4 Å². The van der Waals surface area contributed by atoms with Gasteiger partial charge in [-0.05, 0) is 51.1 Å². The number of benzene rings is 2. The zero-order chi connectivity index (χ0) is 21.3. The molecule has 2 amide bonds. The van der Waals surface area contributed by atoms with Gasteiger partial charge in [-0.2, -0.15) is 8.78 Å². The quantitative estimate of drug-likeness (QED) is 0.750. The Hall–Kier alpha value is -2.97. The van der Waals surface area contributed by atoms with Gasteiger partial charge in [0.1, 0.15) is 5.82 Å². The first-order valence-electron chi connectivity index (χ1n) is 8.08. The summed E-state index contributed by atoms with van der Waals surface area (Å²) in [5.74, 6) is -10.7. The van der Waals surface area contributed by atoms with Crippen molar-refractivity contribution in [2.75, 3.05) is 5.32 Å². The molecule has 0 atom stereocenters. The number of nitrogens with one attached hydrogen (secondary N) is 2. The second kappa shape index (κ2) is 7.57. The molecule has 0 aliphatic carbocycles. The number of carbonyl (C=O) groups is 2. The Balaban J connectivity index is 2.32. The lowest BCUT2D eigenvalue weighted by Crippen LogP contribution is -2.48. The highest BCUT2D eigenvalue weighted by Gasteiger charge is 2.44. The maximum absolute atomic E-state index is 14.4. The number of rotatable bonds is 4. The van der Waals surface area contributed by atoms with Gasteiger partial charge in [0.25, 0.3) is 11.8 Å². The summed E-state index contributed by atoms with van der Waals surface area (Å²) in [5.41, 5.74) is -2.80. The molecule has 0 fully saturated rings. The molecule has 2 N–H and O–H groups in total. The largest absolute Gasteiger partial charge is 0.352 e. The van der Waals surface area contributed by atoms with Crippen LogP contribution in [-0.2, 0) is 10.7 Å². The molecule has 0 spiro atoms. The minimum Gasteiger partial charge on any atom is -0.346 e. The van der Waals surface area contributed by atoms with E-state index in [0.29, 0.717) is 18.2 Å². The Kier molecular flexibility index (Phi) is 5.77. The van der Waals surface area contributed by atoms with Crippen molar-refractivity contribution in [3.63, 3.8) is 0 Å². The number of amides is 2. The van der Waals surface area contributed by atoms with Crippen LogP contribution in [0.5, 0.6) is 0 Å². The van der Waals surface area contributed by atoms with Gasteiger partial charge < -0.3 is 10.6 Å². The molecule has 2 aromatic carbocycles. The van der Waals surface area contributed by atoms with Gasteiger partial charge in [0.2, 0.25) is 0 Å². The highest BCUT2D eigenvalue weighted by Crippen LogP contribution is 2.32. The lowest BCUT2D eigenvalue weighted by molar-refractivity contribution is -0.149. The maximum Gasteiger partial charge on any atom is 0.352 e. The Morgan fingerprint density at radius 3 is 2.04 bits per heavy atom. The second-order valence-corrected chi connectivity index (χ2v) is 7.06. The van der Waals surface area contributed by atoms with Crippen LogP contribution in [0.15, 0.2) is 36.4 Å². The van der Waals surface area contributed by atoms with Gasteiger partial charge in [-0.15, -0.1) is 0 Å². The fourth-order valence-electron chi connectivity index (χ4n) is 2.23. The summed E-state index contributed by atoms with van der Waals surface area (Å²) >= 11 is 0. The van der Waals surface area contributed by atoms with Crippen molar-refractivity contribution in [2.45, 2.75) is 32.2 Å². The van der Waals surface area contributed by atoms with E-state index in [1.807, 2.05) is 0 Å². The lowest BCUT2D eigenvalue weighted by Gasteiger charge is -2.25. The third-order valence-electron chi connectivity index (χ3n) is 3.52. The third kappa shape index (κ3) is 4.85. The summed E-state index contributed by atoms with van der Waals surface area (Å²) in [6.07, 6.45) is 0. The summed E-state index contributed by atoms with van der Waals surface area (Å²) in [5, 5.41) is 4.23. The van der Waals surface area contributed by atoms with Crippen LogP contribution in [0.4, 0.5) is 27.6 Å². The molecule has 0 bridgehead atoms. The van der Waals surface area contributed by atoms with E-state index in [-0.39, 0.29) is 5.69 Å². The van der Waals surface area contributed by atoms with Crippen LogP contribution >= 0.6 is 0 Å². The van der Waals surface area contributed by atoms with Gasteiger partial charge in [-0.3, -0.25) is 9.59 Å². The molecule has 9 heteroatoms. The predicted octanol–water partition coefficient (Wildman–Crippen LogP) is 4.36. The standard InChI is InChI=1S/C19H17F5N2O2/c1-18(2,3)26-17(28)19(23,24)12-8-10(4-6-13(12)20)16(27)25-11-5-7-14(21)15(22)9-11/h4-9H,1-3H3,(H,25,27)(H,26,28). The monoisotopic (exact) mass is 400 g/mol. The number of halogens is 5. The summed E-state index contributed by atoms with van der Waals surface area (Å²) in [4.78, 5) is 24.1. The van der Waals surface area contributed by atoms with E-state index >= 15 is 0 Å². The van der Waals surface area contributed by atoms with Crippen LogP contribution in [0.1, 0.15) is 36.7 Å². The first kappa shape index (κ1) is 21.3. The Morgan fingerprint density at radius 2 is 1.46 bits per heavy atom. The first-order valence-corrected chi connectivity index (χ1v) is 8.08. The Labute approximate surface area is 157 Å². The molecule has 4 nitrogen and oxygen atoms in total. The van der Waals surface area contributed by atoms with E-state index in [1.165, 1.54) is 20.8 Å². The van der Waals surface area contributed by atoms with Gasteiger partial charge in [-0.1, -0.05) is 0 Å². The molecule has 0 aromatic heterocycles. The van der Waals surface area contributed by atoms with Crippen LogP contribution < -0.4 is 10.6 Å². The molecular weight excluding hydrogens is 383 g/mol. The topological polar surface area (TPSA) is 58.2 Å². The Bertz CT molecular complexity index is 923. The summed E-state index contributed by atoms with van der Waals surface area (Å²) in [6, 6.07) is 4.60. The molecule has 0 aliphatic rings. The second-order valence-electron chi connectivity index (χ2n) is 7.06. The highest BCUT2D eigenvalue weighted by molar-refractivity contribution is 6.04. The fraction of sp³-hybridized carbons (Fsp3) is 0.263. The molecule has 2 rings (SSSR count). The molecule has 2 aromatic rings. The SMILES string of the molecule is CC(C)(C)NC(=O)C(F)(F)c1cc(C(=O)Nc2ccc(F)c(F)c2)ccc1F. The first-order chi connectivity index (χ1) is 12.8. The molecule has 0 unspecified atom stereocenters. The molecule has 0 saturated carbocycles. The molecule has 0 heterocycles. The maximum atomic E-state index is 14.4. The van der Waals surface area contributed by atoms with E-state index in [2.05, 4.69) is 10.6 Å². The van der Waals surface area contributed by atoms with E-state index in [4.69, 9.17) is 0 Å². The molecule has 0 radical (unpaired) electrons. The number of alkyl halides is 2. The van der Waals surface area contributed by atoms with Gasteiger partial charge in [0.15, 0.2) is 11.6 Å². The molecule has 0 saturated heterocycles. The summed E-state index contributed by atoms with van der Waals surface area (Å²) in [7, 11) is 0. The average molecular weight is 400 g/mol. The lowest BCUT2D eigenvalue weighted by atomic mass is 10.0. The number of carbonyl (C=O) groups excluding carboxylic acids is 2. The normalized spacial score (nSPS) is 11.9.